The van der Waals surface area contributed by atoms with Crippen molar-refractivity contribution in [3.05, 3.63) is 70.8 Å². The number of nitrogens with one attached hydrogen (secondary N) is 1. The van der Waals surface area contributed by atoms with E-state index in [9.17, 15) is 14.4 Å². The van der Waals surface area contributed by atoms with Crippen molar-refractivity contribution < 1.29 is 14.4 Å². The summed E-state index contributed by atoms with van der Waals surface area (Å²) >= 11 is 0. The van der Waals surface area contributed by atoms with Crippen LogP contribution in [0.3, 0.4) is 0 Å². The second-order valence-electron chi connectivity index (χ2n) is 5.53. The number of urea groups is 1. The monoisotopic (exact) mass is 331 g/mol. The van der Waals surface area contributed by atoms with E-state index >= 15 is 0 Å². The number of carbonyl (C=O) groups excluding carboxylic acids is 3. The van der Waals surface area contributed by atoms with Crippen molar-refractivity contribution in [2.45, 2.75) is 6.92 Å². The molecule has 3 rings (SSSR count). The van der Waals surface area contributed by atoms with Gasteiger partial charge >= 0.3 is 6.03 Å². The first kappa shape index (κ1) is 16.1. The number of nitriles is 1. The number of benzene rings is 2. The third-order valence-corrected chi connectivity index (χ3v) is 3.74. The molecule has 1 heterocycles. The highest BCUT2D eigenvalue weighted by atomic mass is 16.2. The molecular weight excluding hydrogens is 318 g/mol. The highest BCUT2D eigenvalue weighted by Crippen LogP contribution is 2.22. The van der Waals surface area contributed by atoms with Gasteiger partial charge in [-0.25, -0.2) is 9.69 Å². The molecule has 0 unspecified atom stereocenters. The van der Waals surface area contributed by atoms with E-state index in [2.05, 4.69) is 5.32 Å². The van der Waals surface area contributed by atoms with Crippen LogP contribution in [-0.2, 0) is 9.59 Å². The smallest absolute Gasteiger partial charge is 0.273 e. The highest BCUT2D eigenvalue weighted by molar-refractivity contribution is 6.39. The summed E-state index contributed by atoms with van der Waals surface area (Å²) in [6.45, 7) is 1.89. The topological polar surface area (TPSA) is 90.3 Å². The van der Waals surface area contributed by atoms with Crippen LogP contribution in [0.5, 0.6) is 0 Å². The van der Waals surface area contributed by atoms with Gasteiger partial charge < -0.3 is 0 Å². The number of rotatable bonds is 2. The lowest BCUT2D eigenvalue weighted by Crippen LogP contribution is -2.54. The second-order valence-corrected chi connectivity index (χ2v) is 5.53. The molecule has 0 aromatic heterocycles. The Balaban J connectivity index is 1.98. The first-order chi connectivity index (χ1) is 12.0. The fourth-order valence-corrected chi connectivity index (χ4v) is 2.41. The van der Waals surface area contributed by atoms with Gasteiger partial charge in [0.2, 0.25) is 0 Å². The number of hydrogen-bond donors (Lipinski definition) is 1. The number of carbonyl (C=O) groups is 3. The summed E-state index contributed by atoms with van der Waals surface area (Å²) in [5.41, 5.74) is 2.27. The average Bonchev–Trinajstić information content (AvgIpc) is 2.60. The minimum atomic E-state index is -0.782. The Morgan fingerprint density at radius 3 is 2.24 bits per heavy atom. The van der Waals surface area contributed by atoms with Gasteiger partial charge in [0, 0.05) is 0 Å². The molecule has 2 aromatic carbocycles. The van der Waals surface area contributed by atoms with Gasteiger partial charge in [0.15, 0.2) is 0 Å². The Hall–Kier alpha value is -3.72. The molecule has 1 N–H and O–H groups in total. The van der Waals surface area contributed by atoms with Gasteiger partial charge in [-0.15, -0.1) is 0 Å². The zero-order chi connectivity index (χ0) is 18.0. The second kappa shape index (κ2) is 6.42. The van der Waals surface area contributed by atoms with Crippen LogP contribution in [0.1, 0.15) is 16.7 Å². The van der Waals surface area contributed by atoms with E-state index in [-0.39, 0.29) is 5.57 Å². The fraction of sp³-hybridized carbons (Fsp3) is 0.0526. The van der Waals surface area contributed by atoms with Crippen molar-refractivity contribution in [3.8, 4) is 6.07 Å². The molecule has 4 amide bonds. The largest absolute Gasteiger partial charge is 0.335 e. The summed E-state index contributed by atoms with van der Waals surface area (Å²) in [5, 5.41) is 11.0. The molecule has 122 valence electrons. The number of nitrogens with zero attached hydrogens (tertiary/aromatic N) is 2. The van der Waals surface area contributed by atoms with Gasteiger partial charge in [0.1, 0.15) is 5.57 Å². The number of aryl methyl sites for hydroxylation is 1. The van der Waals surface area contributed by atoms with Crippen molar-refractivity contribution >= 4 is 29.6 Å². The maximum atomic E-state index is 12.7. The molecule has 1 aliphatic rings. The number of amides is 4. The molecule has 0 aliphatic carbocycles. The predicted molar refractivity (Wildman–Crippen MR) is 91.3 cm³/mol. The van der Waals surface area contributed by atoms with Crippen molar-refractivity contribution in [1.29, 1.82) is 5.26 Å². The number of barbiturate groups is 1. The zero-order valence-electron chi connectivity index (χ0n) is 13.3. The molecule has 0 spiro atoms. The van der Waals surface area contributed by atoms with Crippen molar-refractivity contribution in [1.82, 2.24) is 5.32 Å². The number of anilines is 1. The molecule has 1 aliphatic heterocycles. The van der Waals surface area contributed by atoms with Gasteiger partial charge in [-0.2, -0.15) is 5.26 Å². The standard InChI is InChI=1S/C19H13N3O3/c1-12-2-8-15(9-3-12)22-18(24)16(17(23)21-19(22)25)10-13-4-6-14(11-20)7-5-13/h2-10H,1H3,(H,21,23,25)/b16-10+. The van der Waals surface area contributed by atoms with Crippen LogP contribution in [-0.4, -0.2) is 17.8 Å². The molecule has 0 bridgehead atoms. The Kier molecular flexibility index (Phi) is 4.14. The van der Waals surface area contributed by atoms with E-state index in [1.54, 1.807) is 48.5 Å². The third kappa shape index (κ3) is 3.16. The summed E-state index contributed by atoms with van der Waals surface area (Å²) in [5.74, 6) is -1.44. The molecule has 25 heavy (non-hydrogen) atoms. The maximum Gasteiger partial charge on any atom is 0.335 e. The number of imide groups is 2. The Morgan fingerprint density at radius 1 is 1.00 bits per heavy atom. The van der Waals surface area contributed by atoms with Crippen LogP contribution >= 0.6 is 0 Å². The lowest BCUT2D eigenvalue weighted by Gasteiger charge is -2.26. The van der Waals surface area contributed by atoms with E-state index in [0.717, 1.165) is 10.5 Å². The van der Waals surface area contributed by atoms with Crippen molar-refractivity contribution in [3.63, 3.8) is 0 Å². The SMILES string of the molecule is Cc1ccc(N2C(=O)NC(=O)/C(=C\c3ccc(C#N)cc3)C2=O)cc1. The Morgan fingerprint density at radius 2 is 1.64 bits per heavy atom. The molecule has 6 nitrogen and oxygen atoms in total. The van der Waals surface area contributed by atoms with Crippen molar-refractivity contribution in [2.24, 2.45) is 0 Å². The van der Waals surface area contributed by atoms with E-state index in [0.29, 0.717) is 16.8 Å². The first-order valence-corrected chi connectivity index (χ1v) is 7.48. The van der Waals surface area contributed by atoms with E-state index in [1.807, 2.05) is 13.0 Å². The van der Waals surface area contributed by atoms with Crippen LogP contribution in [0.25, 0.3) is 6.08 Å². The molecule has 6 heteroatoms. The normalized spacial score (nSPS) is 15.9. The molecule has 0 radical (unpaired) electrons. The maximum absolute atomic E-state index is 12.7. The first-order valence-electron chi connectivity index (χ1n) is 7.48. The van der Waals surface area contributed by atoms with Crippen molar-refractivity contribution in [2.75, 3.05) is 4.90 Å². The summed E-state index contributed by atoms with van der Waals surface area (Å²) < 4.78 is 0. The summed E-state index contributed by atoms with van der Waals surface area (Å²) in [6.07, 6.45) is 1.40. The molecule has 2 aromatic rings. The van der Waals surface area contributed by atoms with Crippen LogP contribution in [0, 0.1) is 18.3 Å². The average molecular weight is 331 g/mol. The van der Waals surface area contributed by atoms with Crippen LogP contribution in [0.2, 0.25) is 0 Å². The molecular formula is C19H13N3O3. The lowest BCUT2D eigenvalue weighted by molar-refractivity contribution is -0.122. The molecule has 0 saturated carbocycles. The summed E-state index contributed by atoms with van der Waals surface area (Å²) in [4.78, 5) is 37.8. The Labute approximate surface area is 144 Å². The highest BCUT2D eigenvalue weighted by Gasteiger charge is 2.36. The van der Waals surface area contributed by atoms with Crippen LogP contribution < -0.4 is 10.2 Å². The van der Waals surface area contributed by atoms with E-state index in [4.69, 9.17) is 5.26 Å². The minimum Gasteiger partial charge on any atom is -0.273 e. The summed E-state index contributed by atoms with van der Waals surface area (Å²) in [7, 11) is 0. The zero-order valence-corrected chi connectivity index (χ0v) is 13.3. The lowest BCUT2D eigenvalue weighted by atomic mass is 10.1. The van der Waals surface area contributed by atoms with Crippen LogP contribution in [0.15, 0.2) is 54.1 Å². The molecule has 1 saturated heterocycles. The quantitative estimate of drug-likeness (QED) is 0.676. The molecule has 1 fully saturated rings. The van der Waals surface area contributed by atoms with Gasteiger partial charge in [-0.1, -0.05) is 29.8 Å². The predicted octanol–water partition coefficient (Wildman–Crippen LogP) is 2.53. The fourth-order valence-electron chi connectivity index (χ4n) is 2.41. The summed E-state index contributed by atoms with van der Waals surface area (Å²) in [6, 6.07) is 14.5. The third-order valence-electron chi connectivity index (χ3n) is 3.74. The van der Waals surface area contributed by atoms with Gasteiger partial charge in [0.05, 0.1) is 17.3 Å². The van der Waals surface area contributed by atoms with Gasteiger partial charge in [0.25, 0.3) is 11.8 Å². The number of hydrogen-bond acceptors (Lipinski definition) is 4. The Bertz CT molecular complexity index is 935. The van der Waals surface area contributed by atoms with E-state index in [1.165, 1.54) is 6.08 Å². The van der Waals surface area contributed by atoms with Crippen LogP contribution in [0.4, 0.5) is 10.5 Å². The van der Waals surface area contributed by atoms with Gasteiger partial charge in [-0.3, -0.25) is 14.9 Å². The molecule has 0 atom stereocenters. The minimum absolute atomic E-state index is 0.148. The van der Waals surface area contributed by atoms with Gasteiger partial charge in [-0.05, 0) is 42.8 Å². The van der Waals surface area contributed by atoms with E-state index < -0.39 is 17.8 Å².